The number of anilines is 1. The minimum absolute atomic E-state index is 0.600. The number of aromatic amines is 1. The van der Waals surface area contributed by atoms with Gasteiger partial charge in [0.2, 0.25) is 0 Å². The Labute approximate surface area is 110 Å². The van der Waals surface area contributed by atoms with Gasteiger partial charge in [0.1, 0.15) is 5.75 Å². The Morgan fingerprint density at radius 3 is 2.58 bits per heavy atom. The van der Waals surface area contributed by atoms with Gasteiger partial charge in [-0.2, -0.15) is 5.10 Å². The smallest absolute Gasteiger partial charge is 0.150 e. The van der Waals surface area contributed by atoms with E-state index in [1.807, 2.05) is 54.6 Å². The number of ether oxygens (including phenoxy) is 1. The molecule has 19 heavy (non-hydrogen) atoms. The fourth-order valence-electron chi connectivity index (χ4n) is 1.82. The lowest BCUT2D eigenvalue weighted by Gasteiger charge is -2.09. The fraction of sp³-hybridized carbons (Fsp3) is 0. The van der Waals surface area contributed by atoms with Crippen molar-refractivity contribution in [3.63, 3.8) is 0 Å². The maximum absolute atomic E-state index is 5.94. The van der Waals surface area contributed by atoms with Crippen LogP contribution in [0, 0.1) is 0 Å². The molecule has 1 heterocycles. The van der Waals surface area contributed by atoms with Gasteiger partial charge in [-0.25, -0.2) is 0 Å². The van der Waals surface area contributed by atoms with Gasteiger partial charge < -0.3 is 10.5 Å². The van der Waals surface area contributed by atoms with Crippen LogP contribution in [0.5, 0.6) is 11.5 Å². The van der Waals surface area contributed by atoms with Crippen LogP contribution in [0.3, 0.4) is 0 Å². The van der Waals surface area contributed by atoms with E-state index in [1.54, 1.807) is 6.20 Å². The Morgan fingerprint density at radius 1 is 1.00 bits per heavy atom. The molecular formula is C15H13N3O. The fourth-order valence-corrected chi connectivity index (χ4v) is 1.82. The van der Waals surface area contributed by atoms with Crippen molar-refractivity contribution in [2.45, 2.75) is 0 Å². The molecule has 0 radical (unpaired) electrons. The Balaban J connectivity index is 1.95. The van der Waals surface area contributed by atoms with E-state index in [-0.39, 0.29) is 0 Å². The summed E-state index contributed by atoms with van der Waals surface area (Å²) >= 11 is 0. The zero-order valence-electron chi connectivity index (χ0n) is 10.2. The van der Waals surface area contributed by atoms with Crippen molar-refractivity contribution in [1.29, 1.82) is 0 Å². The van der Waals surface area contributed by atoms with Crippen molar-refractivity contribution >= 4 is 5.69 Å². The van der Waals surface area contributed by atoms with Crippen LogP contribution in [-0.4, -0.2) is 10.2 Å². The van der Waals surface area contributed by atoms with Crippen molar-refractivity contribution in [1.82, 2.24) is 10.2 Å². The molecule has 2 aromatic carbocycles. The Morgan fingerprint density at radius 2 is 1.84 bits per heavy atom. The van der Waals surface area contributed by atoms with Gasteiger partial charge in [-0.05, 0) is 30.3 Å². The summed E-state index contributed by atoms with van der Waals surface area (Å²) in [5.41, 5.74) is 8.36. The molecule has 0 saturated heterocycles. The van der Waals surface area contributed by atoms with Crippen LogP contribution in [-0.2, 0) is 0 Å². The van der Waals surface area contributed by atoms with Crippen LogP contribution in [0.15, 0.2) is 60.8 Å². The lowest BCUT2D eigenvalue weighted by Crippen LogP contribution is -1.92. The van der Waals surface area contributed by atoms with Gasteiger partial charge in [0.25, 0.3) is 0 Å². The second-order valence-electron chi connectivity index (χ2n) is 4.13. The number of nitrogens with zero attached hydrogens (tertiary/aromatic N) is 1. The summed E-state index contributed by atoms with van der Waals surface area (Å²) in [5, 5.41) is 6.93. The molecule has 0 fully saturated rings. The monoisotopic (exact) mass is 251 g/mol. The molecule has 0 unspecified atom stereocenters. The second kappa shape index (κ2) is 4.86. The lowest BCUT2D eigenvalue weighted by atomic mass is 10.1. The summed E-state index contributed by atoms with van der Waals surface area (Å²) in [6.07, 6.45) is 1.78. The predicted molar refractivity (Wildman–Crippen MR) is 75.0 cm³/mol. The van der Waals surface area contributed by atoms with Crippen LogP contribution >= 0.6 is 0 Å². The van der Waals surface area contributed by atoms with Crippen LogP contribution in [0.25, 0.3) is 11.3 Å². The average molecular weight is 251 g/mol. The van der Waals surface area contributed by atoms with Gasteiger partial charge in [-0.3, -0.25) is 5.10 Å². The van der Waals surface area contributed by atoms with Crippen molar-refractivity contribution in [3.8, 4) is 22.8 Å². The number of nitrogens with two attached hydrogens (primary N) is 1. The number of H-pyrrole nitrogens is 1. The minimum atomic E-state index is 0.600. The first kappa shape index (κ1) is 11.3. The van der Waals surface area contributed by atoms with Crippen LogP contribution in [0.4, 0.5) is 5.69 Å². The Hall–Kier alpha value is -2.75. The highest BCUT2D eigenvalue weighted by Gasteiger charge is 2.06. The molecule has 94 valence electrons. The lowest BCUT2D eigenvalue weighted by molar-refractivity contribution is 0.485. The first-order chi connectivity index (χ1) is 9.33. The molecule has 3 N–H and O–H groups in total. The molecule has 0 aliphatic rings. The van der Waals surface area contributed by atoms with E-state index < -0.39 is 0 Å². The molecule has 0 saturated carbocycles. The Bertz CT molecular complexity index is 663. The summed E-state index contributed by atoms with van der Waals surface area (Å²) in [7, 11) is 0. The third-order valence-corrected chi connectivity index (χ3v) is 2.78. The zero-order chi connectivity index (χ0) is 13.1. The molecule has 0 aliphatic heterocycles. The van der Waals surface area contributed by atoms with Gasteiger partial charge in [0.05, 0.1) is 11.4 Å². The van der Waals surface area contributed by atoms with Crippen molar-refractivity contribution in [2.24, 2.45) is 0 Å². The molecule has 0 amide bonds. The van der Waals surface area contributed by atoms with Gasteiger partial charge in [0.15, 0.2) is 5.75 Å². The van der Waals surface area contributed by atoms with E-state index in [9.17, 15) is 0 Å². The van der Waals surface area contributed by atoms with Gasteiger partial charge in [-0.1, -0.05) is 24.3 Å². The largest absolute Gasteiger partial charge is 0.455 e. The number of para-hydroxylation sites is 1. The van der Waals surface area contributed by atoms with Gasteiger partial charge in [0, 0.05) is 11.8 Å². The molecule has 1 aromatic heterocycles. The summed E-state index contributed by atoms with van der Waals surface area (Å²) in [4.78, 5) is 0. The summed E-state index contributed by atoms with van der Waals surface area (Å²) < 4.78 is 5.78. The first-order valence-corrected chi connectivity index (χ1v) is 5.95. The number of nitrogen functional groups attached to an aromatic ring is 1. The molecule has 4 nitrogen and oxygen atoms in total. The summed E-state index contributed by atoms with van der Waals surface area (Å²) in [6.45, 7) is 0. The van der Waals surface area contributed by atoms with E-state index in [0.717, 1.165) is 17.0 Å². The molecule has 4 heteroatoms. The predicted octanol–water partition coefficient (Wildman–Crippen LogP) is 3.45. The van der Waals surface area contributed by atoms with Gasteiger partial charge >= 0.3 is 0 Å². The average Bonchev–Trinajstić information content (AvgIpc) is 2.96. The van der Waals surface area contributed by atoms with Crippen LogP contribution in [0.1, 0.15) is 0 Å². The normalized spacial score (nSPS) is 10.3. The topological polar surface area (TPSA) is 63.9 Å². The number of benzene rings is 2. The SMILES string of the molecule is Nc1ccc(-c2cc[nH]n2)cc1Oc1ccccc1. The molecular weight excluding hydrogens is 238 g/mol. The zero-order valence-corrected chi connectivity index (χ0v) is 10.2. The Kier molecular flexibility index (Phi) is 2.90. The van der Waals surface area contributed by atoms with Crippen LogP contribution < -0.4 is 10.5 Å². The van der Waals surface area contributed by atoms with Crippen molar-refractivity contribution in [2.75, 3.05) is 5.73 Å². The minimum Gasteiger partial charge on any atom is -0.455 e. The van der Waals surface area contributed by atoms with E-state index >= 15 is 0 Å². The van der Waals surface area contributed by atoms with E-state index in [1.165, 1.54) is 0 Å². The molecule has 3 rings (SSSR count). The number of aromatic nitrogens is 2. The van der Waals surface area contributed by atoms with Crippen LogP contribution in [0.2, 0.25) is 0 Å². The highest BCUT2D eigenvalue weighted by atomic mass is 16.5. The quantitative estimate of drug-likeness (QED) is 0.701. The molecule has 0 aliphatic carbocycles. The molecule has 0 spiro atoms. The number of hydrogen-bond acceptors (Lipinski definition) is 3. The third-order valence-electron chi connectivity index (χ3n) is 2.78. The highest BCUT2D eigenvalue weighted by molar-refractivity contribution is 5.67. The van der Waals surface area contributed by atoms with Crippen molar-refractivity contribution in [3.05, 3.63) is 60.8 Å². The number of nitrogens with one attached hydrogen (secondary N) is 1. The maximum atomic E-state index is 5.94. The molecule has 0 atom stereocenters. The number of hydrogen-bond donors (Lipinski definition) is 2. The standard InChI is InChI=1S/C15H13N3O/c16-13-7-6-11(14-8-9-17-18-14)10-15(13)19-12-4-2-1-3-5-12/h1-10H,16H2,(H,17,18). The summed E-state index contributed by atoms with van der Waals surface area (Å²) in [5.74, 6) is 1.39. The number of rotatable bonds is 3. The van der Waals surface area contributed by atoms with Gasteiger partial charge in [-0.15, -0.1) is 0 Å². The third kappa shape index (κ3) is 2.42. The summed E-state index contributed by atoms with van der Waals surface area (Å²) in [6, 6.07) is 17.1. The van der Waals surface area contributed by atoms with Crippen molar-refractivity contribution < 1.29 is 4.74 Å². The highest BCUT2D eigenvalue weighted by Crippen LogP contribution is 2.31. The van der Waals surface area contributed by atoms with E-state index in [4.69, 9.17) is 10.5 Å². The first-order valence-electron chi connectivity index (χ1n) is 5.95. The van der Waals surface area contributed by atoms with E-state index in [0.29, 0.717) is 11.4 Å². The maximum Gasteiger partial charge on any atom is 0.150 e. The second-order valence-corrected chi connectivity index (χ2v) is 4.13. The molecule has 0 bridgehead atoms. The molecule has 3 aromatic rings. The van der Waals surface area contributed by atoms with E-state index in [2.05, 4.69) is 10.2 Å².